The second-order valence-corrected chi connectivity index (χ2v) is 5.32. The van der Waals surface area contributed by atoms with Crippen molar-refractivity contribution in [1.29, 1.82) is 0 Å². The van der Waals surface area contributed by atoms with E-state index < -0.39 is 5.60 Å². The highest BCUT2D eigenvalue weighted by Gasteiger charge is 2.34. The summed E-state index contributed by atoms with van der Waals surface area (Å²) in [6, 6.07) is 0. The molecule has 0 aliphatic heterocycles. The Bertz CT molecular complexity index is 269. The predicted octanol–water partition coefficient (Wildman–Crippen LogP) is 3.84. The molecule has 1 N–H and O–H groups in total. The minimum absolute atomic E-state index is 0.356. The van der Waals surface area contributed by atoms with Crippen molar-refractivity contribution in [2.24, 2.45) is 5.92 Å². The lowest BCUT2D eigenvalue weighted by molar-refractivity contribution is 0.00588. The molecule has 0 aromatic heterocycles. The van der Waals surface area contributed by atoms with E-state index in [4.69, 9.17) is 0 Å². The molecule has 0 aromatic carbocycles. The maximum Gasteiger partial charge on any atom is 0.0741 e. The van der Waals surface area contributed by atoms with Gasteiger partial charge in [0.1, 0.15) is 0 Å². The van der Waals surface area contributed by atoms with Crippen LogP contribution >= 0.6 is 0 Å². The number of hydrogen-bond acceptors (Lipinski definition) is 1. The van der Waals surface area contributed by atoms with E-state index in [1.165, 1.54) is 11.1 Å². The first-order valence-corrected chi connectivity index (χ1v) is 5.98. The summed E-state index contributed by atoms with van der Waals surface area (Å²) in [5.74, 6) is 0.356. The van der Waals surface area contributed by atoms with E-state index in [0.717, 1.165) is 25.7 Å². The van der Waals surface area contributed by atoms with E-state index in [2.05, 4.69) is 39.8 Å². The zero-order chi connectivity index (χ0) is 11.5. The van der Waals surface area contributed by atoms with Crippen LogP contribution in [0.25, 0.3) is 0 Å². The van der Waals surface area contributed by atoms with Gasteiger partial charge in [-0.05, 0) is 45.4 Å². The van der Waals surface area contributed by atoms with Crippen LogP contribution in [-0.2, 0) is 0 Å². The Morgan fingerprint density at radius 1 is 1.53 bits per heavy atom. The molecule has 86 valence electrons. The number of aliphatic hydroxyl groups is 1. The van der Waals surface area contributed by atoms with Crippen molar-refractivity contribution in [2.75, 3.05) is 0 Å². The quantitative estimate of drug-likeness (QED) is 0.696. The van der Waals surface area contributed by atoms with Crippen LogP contribution in [0.3, 0.4) is 0 Å². The molecule has 0 fully saturated rings. The van der Waals surface area contributed by atoms with Crippen LogP contribution in [0.15, 0.2) is 23.3 Å². The van der Waals surface area contributed by atoms with Gasteiger partial charge in [0.15, 0.2) is 0 Å². The van der Waals surface area contributed by atoms with Gasteiger partial charge in [-0.3, -0.25) is 0 Å². The summed E-state index contributed by atoms with van der Waals surface area (Å²) in [5, 5.41) is 10.3. The summed E-state index contributed by atoms with van der Waals surface area (Å²) in [6.07, 6.45) is 8.45. The first kappa shape index (κ1) is 12.5. The maximum atomic E-state index is 10.3. The standard InChI is InChI=1S/C14H24O/c1-11(2)6-5-7-13-8-9-14(15,10-13)12(3)4/h6,8,12,15H,5,7,9-10H2,1-4H3. The van der Waals surface area contributed by atoms with Crippen LogP contribution < -0.4 is 0 Å². The van der Waals surface area contributed by atoms with Crippen LogP contribution in [0.4, 0.5) is 0 Å². The average Bonchev–Trinajstić information content (AvgIpc) is 2.48. The monoisotopic (exact) mass is 208 g/mol. The SMILES string of the molecule is CC(C)=CCCC1=CCC(O)(C(C)C)C1. The third-order valence-electron chi connectivity index (χ3n) is 3.37. The van der Waals surface area contributed by atoms with E-state index in [1.54, 1.807) is 0 Å². The molecular formula is C14H24O. The number of allylic oxidation sites excluding steroid dienone is 2. The normalized spacial score (nSPS) is 25.6. The summed E-state index contributed by atoms with van der Waals surface area (Å²) in [5.41, 5.74) is 2.36. The largest absolute Gasteiger partial charge is 0.389 e. The predicted molar refractivity (Wildman–Crippen MR) is 65.8 cm³/mol. The van der Waals surface area contributed by atoms with Crippen molar-refractivity contribution < 1.29 is 5.11 Å². The van der Waals surface area contributed by atoms with Gasteiger partial charge in [-0.1, -0.05) is 37.1 Å². The molecule has 1 heteroatoms. The number of hydrogen-bond donors (Lipinski definition) is 1. The van der Waals surface area contributed by atoms with Crippen molar-refractivity contribution in [3.8, 4) is 0 Å². The van der Waals surface area contributed by atoms with Crippen LogP contribution in [0.5, 0.6) is 0 Å². The minimum Gasteiger partial charge on any atom is -0.389 e. The van der Waals surface area contributed by atoms with Crippen molar-refractivity contribution in [2.45, 2.75) is 59.0 Å². The Labute approximate surface area is 93.9 Å². The third-order valence-corrected chi connectivity index (χ3v) is 3.37. The fraction of sp³-hybridized carbons (Fsp3) is 0.714. The van der Waals surface area contributed by atoms with Crippen molar-refractivity contribution >= 4 is 0 Å². The van der Waals surface area contributed by atoms with Gasteiger partial charge < -0.3 is 5.11 Å². The Morgan fingerprint density at radius 3 is 2.67 bits per heavy atom. The molecule has 1 aliphatic carbocycles. The number of rotatable bonds is 4. The van der Waals surface area contributed by atoms with Crippen molar-refractivity contribution in [3.05, 3.63) is 23.3 Å². The second-order valence-electron chi connectivity index (χ2n) is 5.32. The lowest BCUT2D eigenvalue weighted by Gasteiger charge is -2.27. The first-order chi connectivity index (χ1) is 6.94. The molecule has 0 saturated carbocycles. The van der Waals surface area contributed by atoms with E-state index in [0.29, 0.717) is 5.92 Å². The smallest absolute Gasteiger partial charge is 0.0741 e. The molecule has 15 heavy (non-hydrogen) atoms. The molecule has 1 atom stereocenters. The van der Waals surface area contributed by atoms with Gasteiger partial charge in [-0.25, -0.2) is 0 Å². The molecule has 0 aromatic rings. The Morgan fingerprint density at radius 2 is 2.20 bits per heavy atom. The van der Waals surface area contributed by atoms with Gasteiger partial charge in [-0.15, -0.1) is 0 Å². The summed E-state index contributed by atoms with van der Waals surface area (Å²) in [6.45, 7) is 8.47. The van der Waals surface area contributed by atoms with Gasteiger partial charge in [0.25, 0.3) is 0 Å². The third kappa shape index (κ3) is 3.49. The van der Waals surface area contributed by atoms with Gasteiger partial charge >= 0.3 is 0 Å². The first-order valence-electron chi connectivity index (χ1n) is 5.98. The molecule has 0 saturated heterocycles. The zero-order valence-corrected chi connectivity index (χ0v) is 10.5. The summed E-state index contributed by atoms with van der Waals surface area (Å²) >= 11 is 0. The molecule has 0 heterocycles. The zero-order valence-electron chi connectivity index (χ0n) is 10.5. The lowest BCUT2D eigenvalue weighted by Crippen LogP contribution is -2.31. The van der Waals surface area contributed by atoms with Crippen LogP contribution in [-0.4, -0.2) is 10.7 Å². The molecular weight excluding hydrogens is 184 g/mol. The Balaban J connectivity index is 2.39. The molecule has 0 spiro atoms. The highest BCUT2D eigenvalue weighted by molar-refractivity contribution is 5.17. The van der Waals surface area contributed by atoms with E-state index in [-0.39, 0.29) is 0 Å². The Hall–Kier alpha value is -0.560. The van der Waals surface area contributed by atoms with Crippen LogP contribution in [0.1, 0.15) is 53.4 Å². The molecule has 0 radical (unpaired) electrons. The molecule has 0 bridgehead atoms. The molecule has 1 aliphatic rings. The summed E-state index contributed by atoms with van der Waals surface area (Å²) in [7, 11) is 0. The highest BCUT2D eigenvalue weighted by atomic mass is 16.3. The average molecular weight is 208 g/mol. The maximum absolute atomic E-state index is 10.3. The van der Waals surface area contributed by atoms with Crippen LogP contribution in [0.2, 0.25) is 0 Å². The second kappa shape index (κ2) is 4.98. The van der Waals surface area contributed by atoms with E-state index in [1.807, 2.05) is 0 Å². The Kier molecular flexibility index (Phi) is 4.15. The summed E-state index contributed by atoms with van der Waals surface area (Å²) < 4.78 is 0. The lowest BCUT2D eigenvalue weighted by atomic mass is 9.87. The van der Waals surface area contributed by atoms with Gasteiger partial charge in [0, 0.05) is 0 Å². The molecule has 1 rings (SSSR count). The molecule has 1 nitrogen and oxygen atoms in total. The van der Waals surface area contributed by atoms with Crippen molar-refractivity contribution in [1.82, 2.24) is 0 Å². The molecule has 0 amide bonds. The van der Waals surface area contributed by atoms with Gasteiger partial charge in [-0.2, -0.15) is 0 Å². The summed E-state index contributed by atoms with van der Waals surface area (Å²) in [4.78, 5) is 0. The van der Waals surface area contributed by atoms with E-state index >= 15 is 0 Å². The molecule has 1 unspecified atom stereocenters. The van der Waals surface area contributed by atoms with E-state index in [9.17, 15) is 5.11 Å². The van der Waals surface area contributed by atoms with Crippen LogP contribution in [0, 0.1) is 5.92 Å². The highest BCUT2D eigenvalue weighted by Crippen LogP contribution is 2.36. The topological polar surface area (TPSA) is 20.2 Å². The minimum atomic E-state index is -0.458. The fourth-order valence-corrected chi connectivity index (χ4v) is 2.04. The fourth-order valence-electron chi connectivity index (χ4n) is 2.04. The van der Waals surface area contributed by atoms with Gasteiger partial charge in [0.05, 0.1) is 5.60 Å². The van der Waals surface area contributed by atoms with Crippen molar-refractivity contribution in [3.63, 3.8) is 0 Å². The van der Waals surface area contributed by atoms with Gasteiger partial charge in [0.2, 0.25) is 0 Å².